The van der Waals surface area contributed by atoms with Crippen LogP contribution in [0.5, 0.6) is 5.75 Å². The Bertz CT molecular complexity index is 679. The molecule has 1 N–H and O–H groups in total. The maximum atomic E-state index is 12.5. The number of alkyl halides is 2. The van der Waals surface area contributed by atoms with Gasteiger partial charge in [0, 0.05) is 5.56 Å². The molecule has 0 saturated heterocycles. The van der Waals surface area contributed by atoms with Gasteiger partial charge in [-0.1, -0.05) is 48.9 Å². The molecule has 0 aliphatic rings. The summed E-state index contributed by atoms with van der Waals surface area (Å²) in [7, 11) is 0. The van der Waals surface area contributed by atoms with Crippen molar-refractivity contribution >= 4 is 17.5 Å². The average molecular weight is 340 g/mol. The molecule has 0 radical (unpaired) electrons. The van der Waals surface area contributed by atoms with Gasteiger partial charge in [0.25, 0.3) is 5.91 Å². The summed E-state index contributed by atoms with van der Waals surface area (Å²) >= 11 is 6.01. The molecule has 3 nitrogen and oxygen atoms in total. The summed E-state index contributed by atoms with van der Waals surface area (Å²) in [6.45, 7) is -1.08. The van der Waals surface area contributed by atoms with E-state index in [0.717, 1.165) is 0 Å². The molecule has 1 amide bonds. The maximum absolute atomic E-state index is 12.5. The largest absolute Gasteiger partial charge is 0.434 e. The number of rotatable bonds is 6. The van der Waals surface area contributed by atoms with E-state index in [4.69, 9.17) is 11.6 Å². The summed E-state index contributed by atoms with van der Waals surface area (Å²) in [6, 6.07) is 12.6. The number of amides is 1. The van der Waals surface area contributed by atoms with Gasteiger partial charge in [-0.15, -0.1) is 0 Å². The molecular formula is C17H16ClF2NO2. The van der Waals surface area contributed by atoms with Crippen LogP contribution in [0, 0.1) is 0 Å². The van der Waals surface area contributed by atoms with Crippen LogP contribution in [0.4, 0.5) is 8.78 Å². The van der Waals surface area contributed by atoms with Crippen LogP contribution in [0.3, 0.4) is 0 Å². The monoisotopic (exact) mass is 339 g/mol. The van der Waals surface area contributed by atoms with Crippen LogP contribution in [-0.4, -0.2) is 12.5 Å². The van der Waals surface area contributed by atoms with Gasteiger partial charge in [0.2, 0.25) is 0 Å². The van der Waals surface area contributed by atoms with Crippen LogP contribution in [0.25, 0.3) is 0 Å². The second kappa shape index (κ2) is 7.92. The molecule has 0 spiro atoms. The summed E-state index contributed by atoms with van der Waals surface area (Å²) in [6.07, 6.45) is 0.514. The summed E-state index contributed by atoms with van der Waals surface area (Å²) in [5, 5.41) is 3.14. The summed E-state index contributed by atoms with van der Waals surface area (Å²) in [5.74, 6) is -0.317. The smallest absolute Gasteiger partial charge is 0.387 e. The number of carbonyl (C=O) groups is 1. The third-order valence-corrected chi connectivity index (χ3v) is 3.67. The average Bonchev–Trinajstić information content (AvgIpc) is 2.53. The highest BCUT2D eigenvalue weighted by atomic mass is 35.5. The van der Waals surface area contributed by atoms with Gasteiger partial charge in [0.05, 0.1) is 16.6 Å². The van der Waals surface area contributed by atoms with Crippen molar-refractivity contribution in [2.75, 3.05) is 0 Å². The van der Waals surface area contributed by atoms with Crippen LogP contribution in [0.2, 0.25) is 5.02 Å². The van der Waals surface area contributed by atoms with Crippen LogP contribution >= 0.6 is 11.6 Å². The van der Waals surface area contributed by atoms with E-state index in [1.165, 1.54) is 6.07 Å². The molecule has 0 aromatic heterocycles. The standard InChI is InChI=1S/C17H16ClF2NO2/c1-2-14(12-8-4-6-10-15(12)23-17(19)20)21-16(22)11-7-3-5-9-13(11)18/h3-10,14,17H,2H2,1H3,(H,21,22)/t14-/m1/s1. The van der Waals surface area contributed by atoms with E-state index < -0.39 is 12.7 Å². The molecule has 2 rings (SSSR count). The number of benzene rings is 2. The Morgan fingerprint density at radius 3 is 2.48 bits per heavy atom. The van der Waals surface area contributed by atoms with Crippen LogP contribution in [-0.2, 0) is 0 Å². The van der Waals surface area contributed by atoms with Crippen molar-refractivity contribution in [3.05, 3.63) is 64.7 Å². The molecule has 0 aliphatic carbocycles. The molecule has 1 atom stereocenters. The first-order valence-electron chi connectivity index (χ1n) is 7.12. The van der Waals surface area contributed by atoms with Crippen molar-refractivity contribution in [2.45, 2.75) is 26.0 Å². The highest BCUT2D eigenvalue weighted by Gasteiger charge is 2.20. The molecule has 0 heterocycles. The van der Waals surface area contributed by atoms with Gasteiger partial charge in [0.15, 0.2) is 0 Å². The van der Waals surface area contributed by atoms with Crippen LogP contribution in [0.1, 0.15) is 35.3 Å². The second-order valence-corrected chi connectivity index (χ2v) is 5.24. The van der Waals surface area contributed by atoms with Gasteiger partial charge >= 0.3 is 6.61 Å². The minimum Gasteiger partial charge on any atom is -0.434 e. The first-order chi connectivity index (χ1) is 11.0. The number of ether oxygens (including phenoxy) is 1. The minimum atomic E-state index is -2.92. The third-order valence-electron chi connectivity index (χ3n) is 3.34. The topological polar surface area (TPSA) is 38.3 Å². The molecule has 2 aromatic carbocycles. The van der Waals surface area contributed by atoms with Crippen LogP contribution in [0.15, 0.2) is 48.5 Å². The van der Waals surface area contributed by atoms with Crippen molar-refractivity contribution in [1.29, 1.82) is 0 Å². The number of carbonyl (C=O) groups excluding carboxylic acids is 1. The van der Waals surface area contributed by atoms with Gasteiger partial charge in [0.1, 0.15) is 5.75 Å². The summed E-state index contributed by atoms with van der Waals surface area (Å²) in [5.41, 5.74) is 0.829. The Labute approximate surface area is 138 Å². The van der Waals surface area contributed by atoms with E-state index in [9.17, 15) is 13.6 Å². The Kier molecular flexibility index (Phi) is 5.93. The lowest BCUT2D eigenvalue weighted by atomic mass is 10.0. The lowest BCUT2D eigenvalue weighted by Crippen LogP contribution is -2.28. The molecular weight excluding hydrogens is 324 g/mol. The van der Waals surface area contributed by atoms with Crippen molar-refractivity contribution < 1.29 is 18.3 Å². The molecule has 0 bridgehead atoms. The molecule has 0 unspecified atom stereocenters. The van der Waals surface area contributed by atoms with Crippen molar-refractivity contribution in [1.82, 2.24) is 5.32 Å². The van der Waals surface area contributed by atoms with E-state index in [0.29, 0.717) is 22.6 Å². The number of hydrogen-bond acceptors (Lipinski definition) is 2. The molecule has 0 saturated carbocycles. The van der Waals surface area contributed by atoms with Gasteiger partial charge in [-0.05, 0) is 24.6 Å². The molecule has 122 valence electrons. The first kappa shape index (κ1) is 17.2. The second-order valence-electron chi connectivity index (χ2n) is 4.83. The summed E-state index contributed by atoms with van der Waals surface area (Å²) < 4.78 is 29.6. The molecule has 23 heavy (non-hydrogen) atoms. The first-order valence-corrected chi connectivity index (χ1v) is 7.49. The predicted octanol–water partition coefficient (Wildman–Crippen LogP) is 4.82. The van der Waals surface area contributed by atoms with Crippen molar-refractivity contribution in [2.24, 2.45) is 0 Å². The predicted molar refractivity (Wildman–Crippen MR) is 85.0 cm³/mol. The highest BCUT2D eigenvalue weighted by Crippen LogP contribution is 2.29. The fraction of sp³-hybridized carbons (Fsp3) is 0.235. The van der Waals surface area contributed by atoms with E-state index in [1.54, 1.807) is 42.5 Å². The van der Waals surface area contributed by atoms with Gasteiger partial charge < -0.3 is 10.1 Å². The Morgan fingerprint density at radius 2 is 1.83 bits per heavy atom. The molecule has 6 heteroatoms. The number of nitrogens with one attached hydrogen (secondary N) is 1. The van der Waals surface area contributed by atoms with Crippen molar-refractivity contribution in [3.8, 4) is 5.75 Å². The Hall–Kier alpha value is -2.14. The maximum Gasteiger partial charge on any atom is 0.387 e. The number of para-hydroxylation sites is 1. The van der Waals surface area contributed by atoms with E-state index in [-0.39, 0.29) is 11.7 Å². The lowest BCUT2D eigenvalue weighted by molar-refractivity contribution is -0.0506. The third kappa shape index (κ3) is 4.42. The number of hydrogen-bond donors (Lipinski definition) is 1. The zero-order chi connectivity index (χ0) is 16.8. The molecule has 0 aliphatic heterocycles. The summed E-state index contributed by atoms with van der Waals surface area (Å²) in [4.78, 5) is 12.4. The fourth-order valence-corrected chi connectivity index (χ4v) is 2.47. The van der Waals surface area contributed by atoms with Gasteiger partial charge in [-0.3, -0.25) is 4.79 Å². The number of halogens is 3. The van der Waals surface area contributed by atoms with Gasteiger partial charge in [-0.25, -0.2) is 0 Å². The SMILES string of the molecule is CC[C@@H](NC(=O)c1ccccc1Cl)c1ccccc1OC(F)F. The van der Waals surface area contributed by atoms with E-state index in [2.05, 4.69) is 10.1 Å². The normalized spacial score (nSPS) is 12.0. The minimum absolute atomic E-state index is 0.0498. The zero-order valence-electron chi connectivity index (χ0n) is 12.4. The molecule has 0 fully saturated rings. The Morgan fingerprint density at radius 1 is 1.17 bits per heavy atom. The Balaban J connectivity index is 2.24. The van der Waals surface area contributed by atoms with Crippen LogP contribution < -0.4 is 10.1 Å². The van der Waals surface area contributed by atoms with Crippen molar-refractivity contribution in [3.63, 3.8) is 0 Å². The quantitative estimate of drug-likeness (QED) is 0.819. The lowest BCUT2D eigenvalue weighted by Gasteiger charge is -2.20. The highest BCUT2D eigenvalue weighted by molar-refractivity contribution is 6.33. The van der Waals surface area contributed by atoms with E-state index in [1.807, 2.05) is 6.92 Å². The van der Waals surface area contributed by atoms with Gasteiger partial charge in [-0.2, -0.15) is 8.78 Å². The van der Waals surface area contributed by atoms with E-state index >= 15 is 0 Å². The zero-order valence-corrected chi connectivity index (χ0v) is 13.2. The fourth-order valence-electron chi connectivity index (χ4n) is 2.25. The molecule has 2 aromatic rings.